The molecule has 0 spiro atoms. The summed E-state index contributed by atoms with van der Waals surface area (Å²) in [5, 5.41) is 1.26. The first kappa shape index (κ1) is 10.7. The zero-order valence-corrected chi connectivity index (χ0v) is 10.6. The minimum atomic E-state index is 0.397. The first-order valence-corrected chi connectivity index (χ1v) is 5.88. The average molecular weight is 267 g/mol. The van der Waals surface area contributed by atoms with Gasteiger partial charge in [0.15, 0.2) is 0 Å². The molecule has 0 amide bonds. The number of fused-ring (bicyclic) bond motifs is 1. The van der Waals surface area contributed by atoms with E-state index < -0.39 is 0 Å². The van der Waals surface area contributed by atoms with Crippen molar-refractivity contribution in [2.24, 2.45) is 12.8 Å². The van der Waals surface area contributed by atoms with Gasteiger partial charge in [-0.2, -0.15) is 0 Å². The summed E-state index contributed by atoms with van der Waals surface area (Å²) < 4.78 is 3.36. The van der Waals surface area contributed by atoms with Crippen molar-refractivity contribution in [3.8, 4) is 0 Å². The maximum absolute atomic E-state index is 5.71. The predicted octanol–water partition coefficient (Wildman–Crippen LogP) is 3.00. The van der Waals surface area contributed by atoms with Gasteiger partial charge in [-0.05, 0) is 18.2 Å². The topological polar surface area (TPSA) is 30.9 Å². The Bertz CT molecular complexity index is 488. The Balaban J connectivity index is 2.69. The summed E-state index contributed by atoms with van der Waals surface area (Å²) in [7, 11) is 2.09. The molecule has 2 aromatic rings. The molecule has 2 rings (SSSR count). The Morgan fingerprint density at radius 1 is 1.47 bits per heavy atom. The van der Waals surface area contributed by atoms with Crippen LogP contribution in [-0.4, -0.2) is 11.1 Å². The van der Waals surface area contributed by atoms with E-state index in [1.807, 2.05) is 0 Å². The summed E-state index contributed by atoms with van der Waals surface area (Å²) in [4.78, 5) is 0. The van der Waals surface area contributed by atoms with Gasteiger partial charge in [0.25, 0.3) is 0 Å². The van der Waals surface area contributed by atoms with Crippen LogP contribution in [0, 0.1) is 0 Å². The first-order valence-electron chi connectivity index (χ1n) is 5.09. The summed E-state index contributed by atoms with van der Waals surface area (Å²) in [5.74, 6) is 0.397. The molecule has 0 aliphatic carbocycles. The molecule has 1 unspecified atom stereocenters. The molecule has 1 aromatic carbocycles. The molecule has 0 radical (unpaired) electrons. The maximum atomic E-state index is 5.71. The molecule has 15 heavy (non-hydrogen) atoms. The molecule has 1 heterocycles. The summed E-state index contributed by atoms with van der Waals surface area (Å²) in [6.45, 7) is 2.84. The van der Waals surface area contributed by atoms with E-state index in [9.17, 15) is 0 Å². The van der Waals surface area contributed by atoms with Crippen molar-refractivity contribution in [3.05, 3.63) is 34.4 Å². The van der Waals surface area contributed by atoms with E-state index >= 15 is 0 Å². The Kier molecular flexibility index (Phi) is 2.85. The van der Waals surface area contributed by atoms with Gasteiger partial charge in [-0.25, -0.2) is 0 Å². The minimum Gasteiger partial charge on any atom is -0.347 e. The van der Waals surface area contributed by atoms with Gasteiger partial charge in [0.05, 0.1) is 0 Å². The van der Waals surface area contributed by atoms with E-state index in [0.29, 0.717) is 12.5 Å². The Hall–Kier alpha value is -0.800. The molecule has 0 aliphatic rings. The number of benzene rings is 1. The van der Waals surface area contributed by atoms with Crippen molar-refractivity contribution in [1.29, 1.82) is 0 Å². The van der Waals surface area contributed by atoms with Crippen molar-refractivity contribution in [3.63, 3.8) is 0 Å². The number of aryl methyl sites for hydroxylation is 1. The van der Waals surface area contributed by atoms with Crippen molar-refractivity contribution in [1.82, 2.24) is 4.57 Å². The number of aromatic nitrogens is 1. The van der Waals surface area contributed by atoms with Crippen LogP contribution < -0.4 is 5.73 Å². The molecule has 3 heteroatoms. The van der Waals surface area contributed by atoms with Gasteiger partial charge >= 0.3 is 0 Å². The van der Waals surface area contributed by atoms with Crippen LogP contribution in [-0.2, 0) is 7.05 Å². The van der Waals surface area contributed by atoms with Crippen LogP contribution in [0.1, 0.15) is 18.5 Å². The average Bonchev–Trinajstić information content (AvgIpc) is 2.57. The third-order valence-electron chi connectivity index (χ3n) is 2.93. The van der Waals surface area contributed by atoms with Gasteiger partial charge in [-0.1, -0.05) is 28.9 Å². The van der Waals surface area contributed by atoms with Crippen LogP contribution in [0.5, 0.6) is 0 Å². The van der Waals surface area contributed by atoms with Crippen molar-refractivity contribution < 1.29 is 0 Å². The highest BCUT2D eigenvalue weighted by Crippen LogP contribution is 2.29. The molecule has 0 bridgehead atoms. The van der Waals surface area contributed by atoms with Crippen LogP contribution in [0.25, 0.3) is 10.9 Å². The van der Waals surface area contributed by atoms with Crippen molar-refractivity contribution in [2.75, 3.05) is 6.54 Å². The zero-order chi connectivity index (χ0) is 11.0. The van der Waals surface area contributed by atoms with Crippen LogP contribution in [0.15, 0.2) is 28.7 Å². The van der Waals surface area contributed by atoms with Gasteiger partial charge < -0.3 is 10.3 Å². The molecule has 0 aliphatic heterocycles. The van der Waals surface area contributed by atoms with Gasteiger partial charge in [0.2, 0.25) is 0 Å². The van der Waals surface area contributed by atoms with Gasteiger partial charge in [-0.15, -0.1) is 0 Å². The number of halogens is 1. The third-order valence-corrected chi connectivity index (χ3v) is 3.62. The molecule has 1 aromatic heterocycles. The third kappa shape index (κ3) is 1.70. The van der Waals surface area contributed by atoms with Gasteiger partial charge in [0, 0.05) is 40.6 Å². The Labute approximate surface area is 98.2 Å². The summed E-state index contributed by atoms with van der Waals surface area (Å²) in [5.41, 5.74) is 8.25. The lowest BCUT2D eigenvalue weighted by atomic mass is 10.1. The fourth-order valence-corrected chi connectivity index (χ4v) is 2.41. The molecule has 0 saturated carbocycles. The van der Waals surface area contributed by atoms with E-state index in [-0.39, 0.29) is 0 Å². The van der Waals surface area contributed by atoms with Crippen molar-refractivity contribution >= 4 is 26.8 Å². The fraction of sp³-hybridized carbons (Fsp3) is 0.333. The highest BCUT2D eigenvalue weighted by molar-refractivity contribution is 9.10. The van der Waals surface area contributed by atoms with E-state index in [0.717, 1.165) is 4.47 Å². The van der Waals surface area contributed by atoms with Crippen LogP contribution >= 0.6 is 15.9 Å². The molecule has 0 fully saturated rings. The monoisotopic (exact) mass is 266 g/mol. The van der Waals surface area contributed by atoms with Gasteiger partial charge in [0.1, 0.15) is 0 Å². The van der Waals surface area contributed by atoms with Gasteiger partial charge in [-0.3, -0.25) is 0 Å². The van der Waals surface area contributed by atoms with Crippen molar-refractivity contribution in [2.45, 2.75) is 12.8 Å². The standard InChI is InChI=1S/C12H15BrN2/c1-8(7-14)12-6-9-10(13)4-3-5-11(9)15(12)2/h3-6,8H,7,14H2,1-2H3. The van der Waals surface area contributed by atoms with Crippen LogP contribution in [0.3, 0.4) is 0 Å². The number of hydrogen-bond acceptors (Lipinski definition) is 1. The number of nitrogens with zero attached hydrogens (tertiary/aromatic N) is 1. The Morgan fingerprint density at radius 2 is 2.20 bits per heavy atom. The van der Waals surface area contributed by atoms with E-state index in [2.05, 4.69) is 58.7 Å². The molecular weight excluding hydrogens is 252 g/mol. The lowest BCUT2D eigenvalue weighted by Crippen LogP contribution is -2.11. The normalized spacial score (nSPS) is 13.3. The SMILES string of the molecule is CC(CN)c1cc2c(Br)cccc2n1C. The van der Waals surface area contributed by atoms with Crippen LogP contribution in [0.2, 0.25) is 0 Å². The molecule has 1 atom stereocenters. The second-order valence-corrected chi connectivity index (χ2v) is 4.79. The Morgan fingerprint density at radius 3 is 2.80 bits per heavy atom. The minimum absolute atomic E-state index is 0.397. The highest BCUT2D eigenvalue weighted by atomic mass is 79.9. The number of hydrogen-bond donors (Lipinski definition) is 1. The van der Waals surface area contributed by atoms with E-state index in [1.165, 1.54) is 16.6 Å². The summed E-state index contributed by atoms with van der Waals surface area (Å²) in [6.07, 6.45) is 0. The quantitative estimate of drug-likeness (QED) is 0.890. The fourth-order valence-electron chi connectivity index (χ4n) is 1.94. The summed E-state index contributed by atoms with van der Waals surface area (Å²) in [6, 6.07) is 8.48. The molecule has 2 N–H and O–H groups in total. The maximum Gasteiger partial charge on any atom is 0.0491 e. The second kappa shape index (κ2) is 3.99. The smallest absolute Gasteiger partial charge is 0.0491 e. The lowest BCUT2D eigenvalue weighted by Gasteiger charge is -2.09. The van der Waals surface area contributed by atoms with E-state index in [4.69, 9.17) is 5.73 Å². The molecule has 2 nitrogen and oxygen atoms in total. The number of rotatable bonds is 2. The number of nitrogens with two attached hydrogens (primary N) is 1. The van der Waals surface area contributed by atoms with Crippen LogP contribution in [0.4, 0.5) is 0 Å². The molecule has 80 valence electrons. The zero-order valence-electron chi connectivity index (χ0n) is 9.00. The molecule has 0 saturated heterocycles. The summed E-state index contributed by atoms with van der Waals surface area (Å²) >= 11 is 3.57. The second-order valence-electron chi connectivity index (χ2n) is 3.94. The highest BCUT2D eigenvalue weighted by Gasteiger charge is 2.12. The largest absolute Gasteiger partial charge is 0.347 e. The predicted molar refractivity (Wildman–Crippen MR) is 68.1 cm³/mol. The lowest BCUT2D eigenvalue weighted by molar-refractivity contribution is 0.703. The van der Waals surface area contributed by atoms with E-state index in [1.54, 1.807) is 0 Å². The first-order chi connectivity index (χ1) is 7.15. The molecular formula is C12H15BrN2.